The molecule has 0 radical (unpaired) electrons. The Kier molecular flexibility index (Phi) is 5.56. The highest BCUT2D eigenvalue weighted by atomic mass is 35.5. The Morgan fingerprint density at radius 1 is 1.21 bits per heavy atom. The Morgan fingerprint density at radius 2 is 1.93 bits per heavy atom. The number of nitrogens with two attached hydrogens (primary N) is 1. The minimum atomic E-state index is 0.101. The molecule has 0 aliphatic rings. The molecule has 0 unspecified atom stereocenters. The van der Waals surface area contributed by atoms with Crippen LogP contribution in [0, 0.1) is 22.7 Å². The van der Waals surface area contributed by atoms with Gasteiger partial charge in [0.05, 0.1) is 23.4 Å². The second-order valence-electron chi connectivity index (χ2n) is 5.65. The summed E-state index contributed by atoms with van der Waals surface area (Å²) in [5.41, 5.74) is 7.64. The fraction of sp³-hybridized carbons (Fsp3) is 0.0500. The summed E-state index contributed by atoms with van der Waals surface area (Å²) in [5, 5.41) is 24.3. The van der Waals surface area contributed by atoms with E-state index in [4.69, 9.17) is 33.7 Å². The van der Waals surface area contributed by atoms with E-state index in [1.54, 1.807) is 18.2 Å². The van der Waals surface area contributed by atoms with Gasteiger partial charge in [0.1, 0.15) is 35.0 Å². The Hall–Kier alpha value is -3.45. The molecule has 0 aliphatic heterocycles. The number of hydrogen-bond acceptors (Lipinski definition) is 5. The summed E-state index contributed by atoms with van der Waals surface area (Å²) in [6.07, 6.45) is 1.51. The Morgan fingerprint density at radius 3 is 2.54 bits per heavy atom. The van der Waals surface area contributed by atoms with Crippen LogP contribution in [0.3, 0.4) is 0 Å². The summed E-state index contributed by atoms with van der Waals surface area (Å²) in [7, 11) is 1.46. The van der Waals surface area contributed by atoms with Crippen molar-refractivity contribution in [3.8, 4) is 23.6 Å². The number of para-hydroxylation sites is 1. The number of hydrogen-bond donors (Lipinski definition) is 1. The third-order valence-corrected chi connectivity index (χ3v) is 4.45. The van der Waals surface area contributed by atoms with Crippen LogP contribution in [-0.2, 0) is 0 Å². The fourth-order valence-electron chi connectivity index (χ4n) is 2.71. The first-order valence-corrected chi connectivity index (χ1v) is 8.75. The number of anilines is 1. The van der Waals surface area contributed by atoms with Gasteiger partial charge in [-0.2, -0.15) is 15.6 Å². The number of nitrogens with zero attached hydrogens (tertiary/aromatic N) is 4. The molecule has 2 N–H and O–H groups in total. The van der Waals surface area contributed by atoms with E-state index in [9.17, 15) is 10.5 Å². The van der Waals surface area contributed by atoms with E-state index in [1.165, 1.54) is 23.9 Å². The molecule has 8 heteroatoms. The van der Waals surface area contributed by atoms with Crippen molar-refractivity contribution < 1.29 is 4.74 Å². The highest BCUT2D eigenvalue weighted by molar-refractivity contribution is 6.36. The molecule has 0 saturated heterocycles. The van der Waals surface area contributed by atoms with Gasteiger partial charge in [-0.1, -0.05) is 41.4 Å². The Labute approximate surface area is 171 Å². The topological polar surface area (TPSA) is 101 Å². The van der Waals surface area contributed by atoms with Gasteiger partial charge in [-0.3, -0.25) is 0 Å². The van der Waals surface area contributed by atoms with Crippen LogP contribution < -0.4 is 10.5 Å². The summed E-state index contributed by atoms with van der Waals surface area (Å²) in [6.45, 7) is 0. The molecule has 0 atom stereocenters. The minimum Gasteiger partial charge on any atom is -0.495 e. The molecule has 1 heterocycles. The molecule has 138 valence electrons. The van der Waals surface area contributed by atoms with Gasteiger partial charge in [-0.25, -0.2) is 4.68 Å². The van der Waals surface area contributed by atoms with Gasteiger partial charge < -0.3 is 10.5 Å². The van der Waals surface area contributed by atoms with E-state index in [-0.39, 0.29) is 22.6 Å². The van der Waals surface area contributed by atoms with Gasteiger partial charge in [-0.15, -0.1) is 0 Å². The summed E-state index contributed by atoms with van der Waals surface area (Å²) in [5.74, 6) is 0.494. The van der Waals surface area contributed by atoms with Crippen LogP contribution in [0.5, 0.6) is 5.75 Å². The maximum absolute atomic E-state index is 9.71. The van der Waals surface area contributed by atoms with Crippen molar-refractivity contribution in [3.05, 3.63) is 69.3 Å². The van der Waals surface area contributed by atoms with Gasteiger partial charge in [-0.05, 0) is 30.3 Å². The Balaban J connectivity index is 2.22. The summed E-state index contributed by atoms with van der Waals surface area (Å²) in [6, 6.07) is 16.3. The molecule has 3 aromatic rings. The van der Waals surface area contributed by atoms with Crippen molar-refractivity contribution in [1.82, 2.24) is 9.78 Å². The molecule has 0 spiro atoms. The van der Waals surface area contributed by atoms with Crippen LogP contribution in [0.2, 0.25) is 10.0 Å². The first-order chi connectivity index (χ1) is 13.5. The van der Waals surface area contributed by atoms with E-state index >= 15 is 0 Å². The van der Waals surface area contributed by atoms with E-state index in [0.29, 0.717) is 27.0 Å². The van der Waals surface area contributed by atoms with Crippen molar-refractivity contribution in [3.63, 3.8) is 0 Å². The number of nitrogen functional groups attached to an aromatic ring is 1. The number of nitriles is 2. The number of rotatable bonds is 4. The highest BCUT2D eigenvalue weighted by Crippen LogP contribution is 2.35. The van der Waals surface area contributed by atoms with Crippen molar-refractivity contribution >= 4 is 40.7 Å². The third kappa shape index (κ3) is 3.52. The first kappa shape index (κ1) is 19.3. The van der Waals surface area contributed by atoms with Gasteiger partial charge in [0, 0.05) is 10.6 Å². The second-order valence-corrected chi connectivity index (χ2v) is 6.49. The van der Waals surface area contributed by atoms with E-state index in [0.717, 1.165) is 0 Å². The number of allylic oxidation sites excluding steroid dienone is 1. The summed E-state index contributed by atoms with van der Waals surface area (Å²) < 4.78 is 6.73. The van der Waals surface area contributed by atoms with E-state index in [1.807, 2.05) is 24.3 Å². The zero-order chi connectivity index (χ0) is 20.3. The van der Waals surface area contributed by atoms with Crippen LogP contribution in [0.1, 0.15) is 16.8 Å². The largest absolute Gasteiger partial charge is 0.495 e. The van der Waals surface area contributed by atoms with Crippen molar-refractivity contribution in [2.45, 2.75) is 0 Å². The van der Waals surface area contributed by atoms with Crippen LogP contribution in [0.15, 0.2) is 42.5 Å². The van der Waals surface area contributed by atoms with Gasteiger partial charge in [0.25, 0.3) is 0 Å². The first-order valence-electron chi connectivity index (χ1n) is 7.99. The van der Waals surface area contributed by atoms with Crippen molar-refractivity contribution in [2.75, 3.05) is 12.8 Å². The highest BCUT2D eigenvalue weighted by Gasteiger charge is 2.20. The Bertz CT molecular complexity index is 1150. The monoisotopic (exact) mass is 409 g/mol. The number of benzene rings is 2. The molecule has 3 rings (SSSR count). The predicted molar refractivity (Wildman–Crippen MR) is 109 cm³/mol. The number of ether oxygens (including phenoxy) is 1. The maximum Gasteiger partial charge on any atom is 0.145 e. The lowest BCUT2D eigenvalue weighted by Gasteiger charge is -2.08. The van der Waals surface area contributed by atoms with Crippen molar-refractivity contribution in [1.29, 1.82) is 10.5 Å². The SMILES string of the molecule is COc1c(Cl)cc(Cl)cc1/C=C(\C#N)c1nn(-c2ccccc2)c(N)c1C#N. The average molecular weight is 410 g/mol. The maximum atomic E-state index is 9.71. The molecular weight excluding hydrogens is 397 g/mol. The fourth-order valence-corrected chi connectivity index (χ4v) is 3.29. The molecule has 1 aromatic heterocycles. The molecule has 6 nitrogen and oxygen atoms in total. The average Bonchev–Trinajstić information content (AvgIpc) is 3.02. The summed E-state index contributed by atoms with van der Waals surface area (Å²) >= 11 is 12.2. The van der Waals surface area contributed by atoms with E-state index < -0.39 is 0 Å². The summed E-state index contributed by atoms with van der Waals surface area (Å²) in [4.78, 5) is 0. The second kappa shape index (κ2) is 8.06. The lowest BCUT2D eigenvalue weighted by molar-refractivity contribution is 0.414. The lowest BCUT2D eigenvalue weighted by atomic mass is 10.1. The van der Waals surface area contributed by atoms with Gasteiger partial charge in [0.15, 0.2) is 0 Å². The lowest BCUT2D eigenvalue weighted by Crippen LogP contribution is -2.02. The number of methoxy groups -OCH3 is 1. The molecule has 0 saturated carbocycles. The molecule has 0 aliphatic carbocycles. The standard InChI is InChI=1S/C20H13Cl2N5O/c1-28-19-12(8-14(21)9-17(19)22)7-13(10-23)18-16(11-24)20(25)27(26-18)15-5-3-2-4-6-15/h2-9H,25H2,1H3/b13-7+. The molecular formula is C20H13Cl2N5O. The van der Waals surface area contributed by atoms with Crippen LogP contribution in [0.4, 0.5) is 5.82 Å². The van der Waals surface area contributed by atoms with Crippen LogP contribution >= 0.6 is 23.2 Å². The zero-order valence-corrected chi connectivity index (χ0v) is 16.2. The molecule has 2 aromatic carbocycles. The number of aromatic nitrogens is 2. The van der Waals surface area contributed by atoms with Crippen LogP contribution in [0.25, 0.3) is 17.3 Å². The number of halogens is 2. The van der Waals surface area contributed by atoms with Crippen LogP contribution in [-0.4, -0.2) is 16.9 Å². The van der Waals surface area contributed by atoms with Gasteiger partial charge >= 0.3 is 0 Å². The molecule has 0 bridgehead atoms. The zero-order valence-electron chi connectivity index (χ0n) is 14.6. The van der Waals surface area contributed by atoms with Gasteiger partial charge in [0.2, 0.25) is 0 Å². The molecule has 28 heavy (non-hydrogen) atoms. The molecule has 0 fully saturated rings. The quantitative estimate of drug-likeness (QED) is 0.628. The molecule has 0 amide bonds. The predicted octanol–water partition coefficient (Wildman–Crippen LogP) is 4.71. The normalized spacial score (nSPS) is 11.0. The minimum absolute atomic E-state index is 0.101. The van der Waals surface area contributed by atoms with E-state index in [2.05, 4.69) is 11.2 Å². The van der Waals surface area contributed by atoms with Crippen molar-refractivity contribution in [2.24, 2.45) is 0 Å². The third-order valence-electron chi connectivity index (χ3n) is 3.95. The smallest absolute Gasteiger partial charge is 0.145 e.